The molecule has 1 rings (SSSR count). The van der Waals surface area contributed by atoms with E-state index >= 15 is 0 Å². The molecule has 1 aromatic rings. The van der Waals surface area contributed by atoms with Crippen molar-refractivity contribution in [2.45, 2.75) is 0 Å². The van der Waals surface area contributed by atoms with Crippen LogP contribution in [-0.4, -0.2) is 25.8 Å². The molecular formula is C12H14N2O2. The van der Waals surface area contributed by atoms with E-state index in [0.29, 0.717) is 12.1 Å². The highest BCUT2D eigenvalue weighted by molar-refractivity contribution is 5.95. The fraction of sp³-hybridized carbons (Fsp3) is 0.167. The molecule has 84 valence electrons. The van der Waals surface area contributed by atoms with Crippen molar-refractivity contribution < 1.29 is 9.63 Å². The van der Waals surface area contributed by atoms with Crippen molar-refractivity contribution in [1.82, 2.24) is 5.32 Å². The molecule has 1 aromatic carbocycles. The summed E-state index contributed by atoms with van der Waals surface area (Å²) in [4.78, 5) is 16.1. The Hall–Kier alpha value is -2.10. The molecule has 0 atom stereocenters. The Kier molecular flexibility index (Phi) is 4.79. The second kappa shape index (κ2) is 6.40. The standard InChI is InChI=1S/C12H14N2O2/c1-3-8-13-12(15)11-6-4-10(5-7-11)9-14-16-2/h3-7,9H,1,8H2,2H3,(H,13,15)/b14-9+. The van der Waals surface area contributed by atoms with Gasteiger partial charge in [0.1, 0.15) is 7.11 Å². The van der Waals surface area contributed by atoms with Gasteiger partial charge in [0.05, 0.1) is 6.21 Å². The SMILES string of the molecule is C=CCNC(=O)c1ccc(/C=N/OC)cc1. The summed E-state index contributed by atoms with van der Waals surface area (Å²) in [5.74, 6) is -0.116. The van der Waals surface area contributed by atoms with Gasteiger partial charge in [-0.3, -0.25) is 4.79 Å². The van der Waals surface area contributed by atoms with Crippen molar-refractivity contribution in [2.75, 3.05) is 13.7 Å². The normalized spacial score (nSPS) is 10.1. The Labute approximate surface area is 94.6 Å². The maximum absolute atomic E-state index is 11.5. The highest BCUT2D eigenvalue weighted by Gasteiger charge is 2.02. The predicted octanol–water partition coefficient (Wildman–Crippen LogP) is 1.58. The highest BCUT2D eigenvalue weighted by Crippen LogP contribution is 2.02. The first-order chi connectivity index (χ1) is 7.77. The molecule has 16 heavy (non-hydrogen) atoms. The molecule has 0 radical (unpaired) electrons. The number of amides is 1. The monoisotopic (exact) mass is 218 g/mol. The van der Waals surface area contributed by atoms with Gasteiger partial charge in [-0.25, -0.2) is 0 Å². The molecule has 0 aliphatic heterocycles. The van der Waals surface area contributed by atoms with Gasteiger partial charge in [0.15, 0.2) is 0 Å². The Bertz CT molecular complexity index is 383. The van der Waals surface area contributed by atoms with Crippen LogP contribution in [0.1, 0.15) is 15.9 Å². The molecular weight excluding hydrogens is 204 g/mol. The van der Waals surface area contributed by atoms with E-state index in [-0.39, 0.29) is 5.91 Å². The van der Waals surface area contributed by atoms with E-state index in [0.717, 1.165) is 5.56 Å². The summed E-state index contributed by atoms with van der Waals surface area (Å²) in [5.41, 5.74) is 1.48. The first-order valence-corrected chi connectivity index (χ1v) is 4.83. The Morgan fingerprint density at radius 1 is 1.50 bits per heavy atom. The molecule has 1 amide bonds. The molecule has 0 saturated carbocycles. The molecule has 0 bridgehead atoms. The lowest BCUT2D eigenvalue weighted by molar-refractivity contribution is 0.0958. The molecule has 4 nitrogen and oxygen atoms in total. The van der Waals surface area contributed by atoms with Gasteiger partial charge in [-0.1, -0.05) is 23.4 Å². The van der Waals surface area contributed by atoms with Crippen LogP contribution in [0.5, 0.6) is 0 Å². The summed E-state index contributed by atoms with van der Waals surface area (Å²) in [6.07, 6.45) is 3.21. The summed E-state index contributed by atoms with van der Waals surface area (Å²) in [6, 6.07) is 7.06. The maximum Gasteiger partial charge on any atom is 0.251 e. The van der Waals surface area contributed by atoms with Crippen molar-refractivity contribution in [3.8, 4) is 0 Å². The molecule has 0 aliphatic carbocycles. The molecule has 0 unspecified atom stereocenters. The largest absolute Gasteiger partial charge is 0.399 e. The number of nitrogens with zero attached hydrogens (tertiary/aromatic N) is 1. The van der Waals surface area contributed by atoms with Crippen molar-refractivity contribution in [2.24, 2.45) is 5.16 Å². The number of nitrogens with one attached hydrogen (secondary N) is 1. The first kappa shape index (κ1) is 12.0. The number of hydrogen-bond acceptors (Lipinski definition) is 3. The fourth-order valence-electron chi connectivity index (χ4n) is 1.10. The summed E-state index contributed by atoms with van der Waals surface area (Å²) < 4.78 is 0. The second-order valence-electron chi connectivity index (χ2n) is 3.04. The third-order valence-electron chi connectivity index (χ3n) is 1.89. The lowest BCUT2D eigenvalue weighted by Gasteiger charge is -2.02. The van der Waals surface area contributed by atoms with E-state index in [2.05, 4.69) is 21.9 Å². The van der Waals surface area contributed by atoms with Crippen LogP contribution in [-0.2, 0) is 4.84 Å². The molecule has 0 aromatic heterocycles. The van der Waals surface area contributed by atoms with Gasteiger partial charge < -0.3 is 10.2 Å². The van der Waals surface area contributed by atoms with Gasteiger partial charge in [-0.2, -0.15) is 0 Å². The minimum atomic E-state index is -0.116. The number of oxime groups is 1. The van der Waals surface area contributed by atoms with E-state index in [1.54, 1.807) is 36.6 Å². The highest BCUT2D eigenvalue weighted by atomic mass is 16.6. The van der Waals surface area contributed by atoms with Crippen LogP contribution in [0.2, 0.25) is 0 Å². The first-order valence-electron chi connectivity index (χ1n) is 4.83. The predicted molar refractivity (Wildman–Crippen MR) is 63.6 cm³/mol. The average Bonchev–Trinajstić information content (AvgIpc) is 2.34. The maximum atomic E-state index is 11.5. The molecule has 4 heteroatoms. The Morgan fingerprint density at radius 3 is 2.75 bits per heavy atom. The summed E-state index contributed by atoms with van der Waals surface area (Å²) in [7, 11) is 1.48. The summed E-state index contributed by atoms with van der Waals surface area (Å²) in [6.45, 7) is 3.99. The van der Waals surface area contributed by atoms with Crippen LogP contribution in [0, 0.1) is 0 Å². The van der Waals surface area contributed by atoms with E-state index in [4.69, 9.17) is 0 Å². The summed E-state index contributed by atoms with van der Waals surface area (Å²) >= 11 is 0. The van der Waals surface area contributed by atoms with Crippen LogP contribution in [0.25, 0.3) is 0 Å². The van der Waals surface area contributed by atoms with Crippen molar-refractivity contribution in [3.05, 3.63) is 48.0 Å². The Balaban J connectivity index is 2.66. The number of carbonyl (C=O) groups excluding carboxylic acids is 1. The van der Waals surface area contributed by atoms with Crippen LogP contribution >= 0.6 is 0 Å². The fourth-order valence-corrected chi connectivity index (χ4v) is 1.10. The number of carbonyl (C=O) groups is 1. The average molecular weight is 218 g/mol. The molecule has 0 spiro atoms. The Morgan fingerprint density at radius 2 is 2.19 bits per heavy atom. The van der Waals surface area contributed by atoms with Gasteiger partial charge in [0.2, 0.25) is 0 Å². The van der Waals surface area contributed by atoms with E-state index in [1.165, 1.54) is 7.11 Å². The van der Waals surface area contributed by atoms with Gasteiger partial charge >= 0.3 is 0 Å². The molecule has 0 heterocycles. The van der Waals surface area contributed by atoms with Crippen LogP contribution in [0.3, 0.4) is 0 Å². The summed E-state index contributed by atoms with van der Waals surface area (Å²) in [5, 5.41) is 6.32. The third-order valence-corrected chi connectivity index (χ3v) is 1.89. The van der Waals surface area contributed by atoms with Gasteiger partial charge in [-0.05, 0) is 17.7 Å². The van der Waals surface area contributed by atoms with Crippen LogP contribution < -0.4 is 5.32 Å². The zero-order valence-corrected chi connectivity index (χ0v) is 9.14. The van der Waals surface area contributed by atoms with Gasteiger partial charge in [0, 0.05) is 12.1 Å². The van der Waals surface area contributed by atoms with Crippen molar-refractivity contribution in [1.29, 1.82) is 0 Å². The zero-order valence-electron chi connectivity index (χ0n) is 9.14. The van der Waals surface area contributed by atoms with Crippen molar-refractivity contribution in [3.63, 3.8) is 0 Å². The minimum absolute atomic E-state index is 0.116. The third kappa shape index (κ3) is 3.57. The molecule has 1 N–H and O–H groups in total. The van der Waals surface area contributed by atoms with Crippen LogP contribution in [0.4, 0.5) is 0 Å². The van der Waals surface area contributed by atoms with Gasteiger partial charge in [-0.15, -0.1) is 6.58 Å². The van der Waals surface area contributed by atoms with E-state index in [9.17, 15) is 4.79 Å². The van der Waals surface area contributed by atoms with E-state index in [1.807, 2.05) is 0 Å². The molecule has 0 fully saturated rings. The second-order valence-corrected chi connectivity index (χ2v) is 3.04. The van der Waals surface area contributed by atoms with Crippen molar-refractivity contribution >= 4 is 12.1 Å². The molecule has 0 saturated heterocycles. The topological polar surface area (TPSA) is 50.7 Å². The van der Waals surface area contributed by atoms with E-state index < -0.39 is 0 Å². The lowest BCUT2D eigenvalue weighted by Crippen LogP contribution is -2.23. The number of benzene rings is 1. The van der Waals surface area contributed by atoms with Gasteiger partial charge in [0.25, 0.3) is 5.91 Å². The van der Waals surface area contributed by atoms with Crippen LogP contribution in [0.15, 0.2) is 42.1 Å². The lowest BCUT2D eigenvalue weighted by atomic mass is 10.1. The minimum Gasteiger partial charge on any atom is -0.399 e. The molecule has 0 aliphatic rings. The number of hydrogen-bond donors (Lipinski definition) is 1. The quantitative estimate of drug-likeness (QED) is 0.463. The smallest absolute Gasteiger partial charge is 0.251 e. The zero-order chi connectivity index (χ0) is 11.8. The number of rotatable bonds is 5.